The molecule has 0 saturated heterocycles. The van der Waals surface area contributed by atoms with Gasteiger partial charge < -0.3 is 19.3 Å². The van der Waals surface area contributed by atoms with Crippen molar-refractivity contribution >= 4 is 23.3 Å². The number of esters is 2. The van der Waals surface area contributed by atoms with Gasteiger partial charge in [0, 0.05) is 24.3 Å². The van der Waals surface area contributed by atoms with Crippen molar-refractivity contribution < 1.29 is 47.5 Å². The number of nitro benzene ring substituents is 2. The molecule has 0 spiro atoms. The highest BCUT2D eigenvalue weighted by Crippen LogP contribution is 2.26. The molecule has 0 unspecified atom stereocenters. The van der Waals surface area contributed by atoms with Gasteiger partial charge >= 0.3 is 18.6 Å². The van der Waals surface area contributed by atoms with E-state index in [1.165, 1.54) is 0 Å². The minimum atomic E-state index is -3.14. The molecule has 2 aromatic rings. The number of phenols is 1. The maximum atomic E-state index is 12.0. The van der Waals surface area contributed by atoms with Crippen LogP contribution in [0, 0.1) is 20.2 Å². The lowest BCUT2D eigenvalue weighted by Gasteiger charge is -2.08. The molecule has 2 rings (SSSR count). The average Bonchev–Trinajstić information content (AvgIpc) is 2.72. The Labute approximate surface area is 171 Å². The van der Waals surface area contributed by atoms with Gasteiger partial charge in [0.05, 0.1) is 24.1 Å². The topological polar surface area (TPSA) is 168 Å². The van der Waals surface area contributed by atoms with Gasteiger partial charge in [-0.1, -0.05) is 0 Å². The van der Waals surface area contributed by atoms with Gasteiger partial charge in [-0.2, -0.15) is 8.78 Å². The lowest BCUT2D eigenvalue weighted by molar-refractivity contribution is -0.385. The van der Waals surface area contributed by atoms with Gasteiger partial charge in [-0.05, 0) is 12.1 Å². The van der Waals surface area contributed by atoms with Gasteiger partial charge in [-0.15, -0.1) is 0 Å². The summed E-state index contributed by atoms with van der Waals surface area (Å²) in [4.78, 5) is 41.6. The molecule has 31 heavy (non-hydrogen) atoms. The van der Waals surface area contributed by atoms with Gasteiger partial charge in [-0.25, -0.2) is 9.59 Å². The van der Waals surface area contributed by atoms with E-state index in [2.05, 4.69) is 14.2 Å². The Morgan fingerprint density at radius 3 is 1.81 bits per heavy atom. The minimum Gasteiger partial charge on any atom is -0.507 e. The van der Waals surface area contributed by atoms with Crippen molar-refractivity contribution in [3.05, 3.63) is 67.8 Å². The Bertz CT molecular complexity index is 997. The fraction of sp³-hybridized carbons (Fsp3) is 0.176. The lowest BCUT2D eigenvalue weighted by atomic mass is 10.2. The molecule has 2 aromatic carbocycles. The van der Waals surface area contributed by atoms with E-state index in [1.807, 2.05) is 0 Å². The zero-order valence-corrected chi connectivity index (χ0v) is 15.8. The second-order valence-electron chi connectivity index (χ2n) is 5.26. The number of hydrogen-bond acceptors (Lipinski definition) is 10. The van der Waals surface area contributed by atoms with E-state index in [-0.39, 0.29) is 17.0 Å². The number of methoxy groups -OCH3 is 2. The third kappa shape index (κ3) is 6.88. The summed E-state index contributed by atoms with van der Waals surface area (Å²) in [5, 5.41) is 30.0. The summed E-state index contributed by atoms with van der Waals surface area (Å²) >= 11 is 0. The summed E-state index contributed by atoms with van der Waals surface area (Å²) in [5.41, 5.74) is -1.35. The second-order valence-corrected chi connectivity index (χ2v) is 5.26. The normalized spacial score (nSPS) is 9.84. The molecule has 0 aromatic heterocycles. The molecule has 14 heteroatoms. The van der Waals surface area contributed by atoms with Gasteiger partial charge in [0.15, 0.2) is 0 Å². The van der Waals surface area contributed by atoms with Crippen molar-refractivity contribution in [2.45, 2.75) is 6.61 Å². The van der Waals surface area contributed by atoms with E-state index >= 15 is 0 Å². The van der Waals surface area contributed by atoms with Crippen LogP contribution in [0.3, 0.4) is 0 Å². The zero-order valence-electron chi connectivity index (χ0n) is 15.8. The minimum absolute atomic E-state index is 0.221. The molecule has 166 valence electrons. The summed E-state index contributed by atoms with van der Waals surface area (Å²) in [5.74, 6) is -2.63. The van der Waals surface area contributed by atoms with Gasteiger partial charge in [-0.3, -0.25) is 20.2 Å². The fourth-order valence-electron chi connectivity index (χ4n) is 2.01. The highest BCUT2D eigenvalue weighted by molar-refractivity contribution is 5.93. The number of nitro groups is 2. The molecule has 0 aliphatic carbocycles. The van der Waals surface area contributed by atoms with E-state index in [9.17, 15) is 43.7 Å². The first kappa shape index (κ1) is 24.7. The maximum Gasteiger partial charge on any atom is 0.387 e. The Hall–Kier alpha value is -4.36. The number of carbonyl (C=O) groups is 2. The highest BCUT2D eigenvalue weighted by atomic mass is 19.3. The van der Waals surface area contributed by atoms with Crippen molar-refractivity contribution in [3.8, 4) is 11.5 Å². The number of hydrogen-bond donors (Lipinski definition) is 1. The predicted molar refractivity (Wildman–Crippen MR) is 97.2 cm³/mol. The van der Waals surface area contributed by atoms with Crippen molar-refractivity contribution in [1.29, 1.82) is 0 Å². The molecule has 0 aliphatic heterocycles. The molecule has 0 atom stereocenters. The van der Waals surface area contributed by atoms with Crippen molar-refractivity contribution in [1.82, 2.24) is 0 Å². The molecule has 0 amide bonds. The Balaban J connectivity index is 0.000000316. The number of benzene rings is 2. The van der Waals surface area contributed by atoms with Crippen LogP contribution in [0.4, 0.5) is 20.2 Å². The smallest absolute Gasteiger partial charge is 0.387 e. The number of nitrogens with zero attached hydrogens (tertiary/aromatic N) is 2. The summed E-state index contributed by atoms with van der Waals surface area (Å²) in [6.45, 7) is -3.14. The number of phenolic OH excluding ortho intramolecular Hbond substituents is 1. The third-order valence-corrected chi connectivity index (χ3v) is 3.39. The quantitative estimate of drug-likeness (QED) is 0.397. The molecule has 1 N–H and O–H groups in total. The van der Waals surface area contributed by atoms with E-state index in [0.29, 0.717) is 0 Å². The highest BCUT2D eigenvalue weighted by Gasteiger charge is 2.20. The van der Waals surface area contributed by atoms with Gasteiger partial charge in [0.1, 0.15) is 22.6 Å². The second kappa shape index (κ2) is 11.0. The number of carbonyl (C=O) groups excluding carboxylic acids is 2. The predicted octanol–water partition coefficient (Wildman–Crippen LogP) is 3.07. The Kier molecular flexibility index (Phi) is 8.75. The third-order valence-electron chi connectivity index (χ3n) is 3.39. The molecule has 0 fully saturated rings. The monoisotopic (exact) mass is 444 g/mol. The van der Waals surface area contributed by atoms with E-state index in [1.54, 1.807) is 0 Å². The molecule has 0 radical (unpaired) electrons. The van der Waals surface area contributed by atoms with Crippen LogP contribution in [0.5, 0.6) is 11.5 Å². The zero-order chi connectivity index (χ0) is 23.7. The van der Waals surface area contributed by atoms with E-state index in [0.717, 1.165) is 50.6 Å². The largest absolute Gasteiger partial charge is 0.507 e. The maximum absolute atomic E-state index is 12.0. The summed E-state index contributed by atoms with van der Waals surface area (Å²) in [6.07, 6.45) is 0. The molecule has 0 bridgehead atoms. The Morgan fingerprint density at radius 1 is 0.903 bits per heavy atom. The number of non-ortho nitro benzene ring substituents is 2. The van der Waals surface area contributed by atoms with Crippen LogP contribution in [0.25, 0.3) is 0 Å². The van der Waals surface area contributed by atoms with Crippen molar-refractivity contribution in [2.75, 3.05) is 14.2 Å². The average molecular weight is 444 g/mol. The van der Waals surface area contributed by atoms with Gasteiger partial charge in [0.2, 0.25) is 0 Å². The first-order chi connectivity index (χ1) is 14.5. The molecule has 0 aliphatic rings. The number of alkyl halides is 2. The molecule has 12 nitrogen and oxygen atoms in total. The van der Waals surface area contributed by atoms with Crippen LogP contribution < -0.4 is 4.74 Å². The molecular formula is C17H14F2N2O10. The number of halogens is 2. The van der Waals surface area contributed by atoms with Crippen molar-refractivity contribution in [3.63, 3.8) is 0 Å². The number of rotatable bonds is 6. The molecule has 0 heterocycles. The number of aromatic hydroxyl groups is 1. The van der Waals surface area contributed by atoms with Gasteiger partial charge in [0.25, 0.3) is 11.4 Å². The summed E-state index contributed by atoms with van der Waals surface area (Å²) in [7, 11) is 2.15. The van der Waals surface area contributed by atoms with Crippen LogP contribution in [0.15, 0.2) is 36.4 Å². The van der Waals surface area contributed by atoms with Crippen LogP contribution in [-0.4, -0.2) is 47.7 Å². The van der Waals surface area contributed by atoms with E-state index < -0.39 is 45.4 Å². The first-order valence-electron chi connectivity index (χ1n) is 7.89. The van der Waals surface area contributed by atoms with Crippen molar-refractivity contribution in [2.24, 2.45) is 0 Å². The number of ether oxygens (including phenoxy) is 3. The lowest BCUT2D eigenvalue weighted by Crippen LogP contribution is -2.09. The standard InChI is InChI=1S/C9H7F2NO5.C8H7NO5/c1-16-8(13)6-4-5(12(14)15)2-3-7(6)17-9(10)11;1-14-8(11)6-4-5(9(12)13)2-3-7(6)10/h2-4,9H,1H3;2-4,10H,1H3. The summed E-state index contributed by atoms with van der Waals surface area (Å²) in [6, 6.07) is 5.80. The summed E-state index contributed by atoms with van der Waals surface area (Å²) < 4.78 is 36.7. The Morgan fingerprint density at radius 2 is 1.35 bits per heavy atom. The van der Waals surface area contributed by atoms with Crippen LogP contribution >= 0.6 is 0 Å². The van der Waals surface area contributed by atoms with Crippen LogP contribution in [-0.2, 0) is 9.47 Å². The molecule has 0 saturated carbocycles. The first-order valence-corrected chi connectivity index (χ1v) is 7.89. The molecular weight excluding hydrogens is 430 g/mol. The SMILES string of the molecule is COC(=O)c1cc([N+](=O)[O-])ccc1O.COC(=O)c1cc([N+](=O)[O-])ccc1OC(F)F. The fourth-order valence-corrected chi connectivity index (χ4v) is 2.01. The van der Waals surface area contributed by atoms with E-state index in [4.69, 9.17) is 0 Å². The van der Waals surface area contributed by atoms with Crippen LogP contribution in [0.2, 0.25) is 0 Å². The van der Waals surface area contributed by atoms with Crippen LogP contribution in [0.1, 0.15) is 20.7 Å².